The van der Waals surface area contributed by atoms with Crippen molar-refractivity contribution in [1.29, 1.82) is 0 Å². The molecular weight excluding hydrogens is 108 g/mol. The van der Waals surface area contributed by atoms with E-state index < -0.39 is 0 Å². The van der Waals surface area contributed by atoms with Crippen LogP contribution in [0.25, 0.3) is 0 Å². The van der Waals surface area contributed by atoms with Crippen LogP contribution in [0.1, 0.15) is 26.7 Å². The minimum absolute atomic E-state index is 1.11. The van der Waals surface area contributed by atoms with E-state index in [4.69, 9.17) is 0 Å². The lowest BCUT2D eigenvalue weighted by Gasteiger charge is -1.87. The highest BCUT2D eigenvalue weighted by Gasteiger charge is 1.77. The van der Waals surface area contributed by atoms with Crippen molar-refractivity contribution in [1.82, 2.24) is 0 Å². The van der Waals surface area contributed by atoms with Crippen LogP contribution >= 0.6 is 0 Å². The van der Waals surface area contributed by atoms with Gasteiger partial charge in [-0.05, 0) is 13.3 Å². The van der Waals surface area contributed by atoms with Crippen LogP contribution in [0.5, 0.6) is 0 Å². The van der Waals surface area contributed by atoms with Crippen molar-refractivity contribution in [2.24, 2.45) is 0 Å². The second-order valence-corrected chi connectivity index (χ2v) is 2.23. The zero-order valence-electron chi connectivity index (χ0n) is 6.35. The Bertz CT molecular complexity index is 98.6. The molecule has 0 unspecified atom stereocenters. The fraction of sp³-hybridized carbons (Fsp3) is 0.444. The normalized spacial score (nSPS) is 10.4. The van der Waals surface area contributed by atoms with E-state index in [1.54, 1.807) is 0 Å². The molecule has 0 aliphatic rings. The fourth-order valence-corrected chi connectivity index (χ4v) is 0.495. The fourth-order valence-electron chi connectivity index (χ4n) is 0.495. The third-order valence-corrected chi connectivity index (χ3v) is 0.972. The average molecular weight is 123 g/mol. The Hall–Kier alpha value is -0.520. The van der Waals surface area contributed by atoms with Gasteiger partial charge in [-0.3, -0.25) is 0 Å². The van der Waals surface area contributed by atoms with Crippen molar-refractivity contribution in [3.8, 4) is 0 Å². The molecule has 0 atom stereocenters. The number of rotatable bonds is 4. The molecule has 0 spiro atoms. The van der Waals surface area contributed by atoms with Crippen LogP contribution in [0, 0.1) is 6.42 Å². The van der Waals surface area contributed by atoms with Crippen LogP contribution in [-0.2, 0) is 0 Å². The molecule has 0 saturated carbocycles. The van der Waals surface area contributed by atoms with E-state index in [1.165, 1.54) is 12.8 Å². The molecule has 0 nitrogen and oxygen atoms in total. The second-order valence-electron chi connectivity index (χ2n) is 2.23. The van der Waals surface area contributed by atoms with E-state index in [1.807, 2.05) is 13.3 Å². The predicted molar refractivity (Wildman–Crippen MR) is 43.2 cm³/mol. The van der Waals surface area contributed by atoms with Gasteiger partial charge in [0, 0.05) is 6.42 Å². The molecule has 0 aromatic heterocycles. The topological polar surface area (TPSA) is 0 Å². The third kappa shape index (κ3) is 7.48. The van der Waals surface area contributed by atoms with Crippen LogP contribution in [0.4, 0.5) is 0 Å². The van der Waals surface area contributed by atoms with Crippen molar-refractivity contribution >= 4 is 0 Å². The van der Waals surface area contributed by atoms with Crippen LogP contribution < -0.4 is 0 Å². The Kier molecular flexibility index (Phi) is 5.29. The van der Waals surface area contributed by atoms with E-state index in [2.05, 4.69) is 25.7 Å². The van der Waals surface area contributed by atoms with E-state index in [0.29, 0.717) is 0 Å². The molecule has 0 aliphatic carbocycles. The van der Waals surface area contributed by atoms with Crippen molar-refractivity contribution in [2.45, 2.75) is 26.7 Å². The van der Waals surface area contributed by atoms with Gasteiger partial charge in [-0.2, -0.15) is 0 Å². The SMILES string of the molecule is C=C(C)[CH]C=CCCC. The van der Waals surface area contributed by atoms with E-state index >= 15 is 0 Å². The van der Waals surface area contributed by atoms with E-state index in [9.17, 15) is 0 Å². The zero-order chi connectivity index (χ0) is 7.11. The average Bonchev–Trinajstić information content (AvgIpc) is 1.80. The summed E-state index contributed by atoms with van der Waals surface area (Å²) in [6.07, 6.45) is 8.64. The maximum Gasteiger partial charge on any atom is 0.00713 e. The number of hydrogen-bond acceptors (Lipinski definition) is 0. The molecule has 0 amide bonds. The van der Waals surface area contributed by atoms with Gasteiger partial charge >= 0.3 is 0 Å². The van der Waals surface area contributed by atoms with Gasteiger partial charge in [0.1, 0.15) is 0 Å². The lowest BCUT2D eigenvalue weighted by molar-refractivity contribution is 0.957. The number of unbranched alkanes of at least 4 members (excludes halogenated alkanes) is 1. The third-order valence-electron chi connectivity index (χ3n) is 0.972. The van der Waals surface area contributed by atoms with Gasteiger partial charge in [0.15, 0.2) is 0 Å². The van der Waals surface area contributed by atoms with E-state index in [-0.39, 0.29) is 0 Å². The first-order chi connectivity index (χ1) is 4.27. The van der Waals surface area contributed by atoms with Gasteiger partial charge < -0.3 is 0 Å². The summed E-state index contributed by atoms with van der Waals surface area (Å²) in [5.41, 5.74) is 1.11. The highest BCUT2D eigenvalue weighted by atomic mass is 13.8. The van der Waals surface area contributed by atoms with Crippen molar-refractivity contribution < 1.29 is 0 Å². The lowest BCUT2D eigenvalue weighted by atomic mass is 10.2. The Labute approximate surface area is 58.3 Å². The molecule has 0 heterocycles. The molecule has 0 saturated heterocycles. The molecular formula is C9H15. The smallest absolute Gasteiger partial charge is 0.00713 e. The van der Waals surface area contributed by atoms with Crippen LogP contribution in [0.2, 0.25) is 0 Å². The van der Waals surface area contributed by atoms with Gasteiger partial charge in [-0.1, -0.05) is 37.6 Å². The second kappa shape index (κ2) is 5.61. The van der Waals surface area contributed by atoms with Gasteiger partial charge in [-0.25, -0.2) is 0 Å². The molecule has 0 fully saturated rings. The first-order valence-corrected chi connectivity index (χ1v) is 3.42. The molecule has 1 radical (unpaired) electrons. The van der Waals surface area contributed by atoms with E-state index in [0.717, 1.165) is 5.57 Å². The lowest BCUT2D eigenvalue weighted by Crippen LogP contribution is -1.68. The molecule has 0 rings (SSSR count). The first-order valence-electron chi connectivity index (χ1n) is 3.42. The van der Waals surface area contributed by atoms with Crippen molar-refractivity contribution in [3.63, 3.8) is 0 Å². The molecule has 9 heavy (non-hydrogen) atoms. The monoisotopic (exact) mass is 123 g/mol. The predicted octanol–water partition coefficient (Wildman–Crippen LogP) is 3.12. The first kappa shape index (κ1) is 8.48. The maximum atomic E-state index is 3.75. The summed E-state index contributed by atoms with van der Waals surface area (Å²) in [5.74, 6) is 0. The number of allylic oxidation sites excluding steroid dienone is 3. The zero-order valence-corrected chi connectivity index (χ0v) is 6.35. The Morgan fingerprint density at radius 2 is 2.22 bits per heavy atom. The Morgan fingerprint density at radius 1 is 1.56 bits per heavy atom. The molecule has 0 bridgehead atoms. The molecule has 51 valence electrons. The highest BCUT2D eigenvalue weighted by molar-refractivity contribution is 5.14. The largest absolute Gasteiger partial charge is 0.0995 e. The summed E-state index contributed by atoms with van der Waals surface area (Å²) in [4.78, 5) is 0. The highest BCUT2D eigenvalue weighted by Crippen LogP contribution is 1.96. The summed E-state index contributed by atoms with van der Waals surface area (Å²) >= 11 is 0. The summed E-state index contributed by atoms with van der Waals surface area (Å²) < 4.78 is 0. The summed E-state index contributed by atoms with van der Waals surface area (Å²) in [6, 6.07) is 0. The summed E-state index contributed by atoms with van der Waals surface area (Å²) in [7, 11) is 0. The van der Waals surface area contributed by atoms with Crippen LogP contribution in [0.3, 0.4) is 0 Å². The molecule has 0 aliphatic heterocycles. The Balaban J connectivity index is 3.14. The van der Waals surface area contributed by atoms with Crippen molar-refractivity contribution in [3.05, 3.63) is 30.7 Å². The van der Waals surface area contributed by atoms with Crippen molar-refractivity contribution in [2.75, 3.05) is 0 Å². The van der Waals surface area contributed by atoms with Crippen LogP contribution in [0.15, 0.2) is 24.3 Å². The minimum atomic E-state index is 1.11. The quantitative estimate of drug-likeness (QED) is 0.538. The van der Waals surface area contributed by atoms with Gasteiger partial charge in [-0.15, -0.1) is 0 Å². The van der Waals surface area contributed by atoms with Gasteiger partial charge in [0.25, 0.3) is 0 Å². The molecule has 0 heteroatoms. The summed E-state index contributed by atoms with van der Waals surface area (Å²) in [6.45, 7) is 7.91. The molecule has 0 N–H and O–H groups in total. The van der Waals surface area contributed by atoms with Gasteiger partial charge in [0.05, 0.1) is 0 Å². The molecule has 0 aromatic rings. The minimum Gasteiger partial charge on any atom is -0.0995 e. The molecule has 0 aromatic carbocycles. The van der Waals surface area contributed by atoms with Gasteiger partial charge in [0.2, 0.25) is 0 Å². The number of hydrogen-bond donors (Lipinski definition) is 0. The standard InChI is InChI=1S/C9H15/c1-4-5-6-7-8-9(2)3/h6-8H,2,4-5H2,1,3H3. The summed E-state index contributed by atoms with van der Waals surface area (Å²) in [5, 5.41) is 0. The Morgan fingerprint density at radius 3 is 2.67 bits per heavy atom. The maximum absolute atomic E-state index is 3.75. The van der Waals surface area contributed by atoms with Crippen LogP contribution in [-0.4, -0.2) is 0 Å².